The highest BCUT2D eigenvalue weighted by Gasteiger charge is 2.49. The van der Waals surface area contributed by atoms with Crippen molar-refractivity contribution in [1.29, 1.82) is 0 Å². The SMILES string of the molecule is CCC1(CC)C(=O)NC(=O)N1CCOCCOC. The molecule has 1 saturated heterocycles. The Kier molecular flexibility index (Phi) is 5.55. The summed E-state index contributed by atoms with van der Waals surface area (Å²) in [6, 6.07) is -0.320. The van der Waals surface area contributed by atoms with Crippen LogP contribution >= 0.6 is 0 Å². The highest BCUT2D eigenvalue weighted by Crippen LogP contribution is 2.28. The monoisotopic (exact) mass is 258 g/mol. The topological polar surface area (TPSA) is 67.9 Å². The number of imide groups is 1. The molecular weight excluding hydrogens is 236 g/mol. The minimum Gasteiger partial charge on any atom is -0.382 e. The van der Waals surface area contributed by atoms with E-state index in [9.17, 15) is 9.59 Å². The molecule has 0 spiro atoms. The van der Waals surface area contributed by atoms with Crippen LogP contribution in [0.3, 0.4) is 0 Å². The molecule has 1 aliphatic rings. The lowest BCUT2D eigenvalue weighted by Crippen LogP contribution is -2.49. The van der Waals surface area contributed by atoms with E-state index in [0.717, 1.165) is 0 Å². The lowest BCUT2D eigenvalue weighted by atomic mass is 9.91. The zero-order valence-electron chi connectivity index (χ0n) is 11.3. The maximum absolute atomic E-state index is 11.9. The molecule has 1 fully saturated rings. The van der Waals surface area contributed by atoms with E-state index in [1.165, 1.54) is 0 Å². The zero-order valence-corrected chi connectivity index (χ0v) is 11.3. The van der Waals surface area contributed by atoms with Gasteiger partial charge in [0.1, 0.15) is 5.54 Å². The first-order chi connectivity index (χ1) is 8.62. The highest BCUT2D eigenvalue weighted by molar-refractivity contribution is 6.06. The third kappa shape index (κ3) is 2.81. The number of hydrogen-bond donors (Lipinski definition) is 1. The molecule has 3 amide bonds. The van der Waals surface area contributed by atoms with Gasteiger partial charge in [0.2, 0.25) is 0 Å². The molecule has 0 aromatic rings. The lowest BCUT2D eigenvalue weighted by molar-refractivity contribution is -0.127. The molecule has 0 atom stereocenters. The van der Waals surface area contributed by atoms with Crippen LogP contribution in [0, 0.1) is 0 Å². The summed E-state index contributed by atoms with van der Waals surface area (Å²) in [6.07, 6.45) is 1.22. The third-order valence-electron chi connectivity index (χ3n) is 3.47. The van der Waals surface area contributed by atoms with Gasteiger partial charge in [0, 0.05) is 13.7 Å². The van der Waals surface area contributed by atoms with Gasteiger partial charge in [-0.05, 0) is 12.8 Å². The number of amides is 3. The van der Waals surface area contributed by atoms with E-state index in [4.69, 9.17) is 9.47 Å². The fourth-order valence-electron chi connectivity index (χ4n) is 2.27. The Bertz CT molecular complexity index is 302. The van der Waals surface area contributed by atoms with Crippen LogP contribution in [0.4, 0.5) is 4.79 Å². The summed E-state index contributed by atoms with van der Waals surface area (Å²) >= 11 is 0. The van der Waals surface area contributed by atoms with E-state index < -0.39 is 5.54 Å². The number of rotatable bonds is 8. The molecule has 0 radical (unpaired) electrons. The summed E-state index contributed by atoms with van der Waals surface area (Å²) in [7, 11) is 1.61. The van der Waals surface area contributed by atoms with E-state index in [-0.39, 0.29) is 11.9 Å². The molecule has 0 aromatic heterocycles. The first-order valence-corrected chi connectivity index (χ1v) is 6.32. The second kappa shape index (κ2) is 6.70. The fourth-order valence-corrected chi connectivity index (χ4v) is 2.27. The van der Waals surface area contributed by atoms with Crippen molar-refractivity contribution in [2.75, 3.05) is 33.5 Å². The molecule has 0 aliphatic carbocycles. The van der Waals surface area contributed by atoms with E-state index in [1.807, 2.05) is 13.8 Å². The van der Waals surface area contributed by atoms with Crippen molar-refractivity contribution in [3.05, 3.63) is 0 Å². The summed E-state index contributed by atoms with van der Waals surface area (Å²) in [6.45, 7) is 5.68. The number of carbonyl (C=O) groups excluding carboxylic acids is 2. The van der Waals surface area contributed by atoms with Gasteiger partial charge >= 0.3 is 6.03 Å². The van der Waals surface area contributed by atoms with Crippen molar-refractivity contribution in [2.45, 2.75) is 32.2 Å². The van der Waals surface area contributed by atoms with E-state index >= 15 is 0 Å². The fraction of sp³-hybridized carbons (Fsp3) is 0.833. The van der Waals surface area contributed by atoms with Crippen LogP contribution in [-0.4, -0.2) is 55.9 Å². The highest BCUT2D eigenvalue weighted by atomic mass is 16.5. The van der Waals surface area contributed by atoms with Gasteiger partial charge in [-0.2, -0.15) is 0 Å². The Hall–Kier alpha value is -1.14. The summed E-state index contributed by atoms with van der Waals surface area (Å²) in [5.74, 6) is -0.200. The van der Waals surface area contributed by atoms with Gasteiger partial charge in [0.25, 0.3) is 5.91 Å². The Balaban J connectivity index is 2.55. The minimum atomic E-state index is -0.707. The minimum absolute atomic E-state index is 0.200. The molecule has 6 heteroatoms. The Morgan fingerprint density at radius 1 is 1.17 bits per heavy atom. The van der Waals surface area contributed by atoms with Crippen LogP contribution in [-0.2, 0) is 14.3 Å². The second-order valence-corrected chi connectivity index (χ2v) is 4.25. The van der Waals surface area contributed by atoms with E-state index in [0.29, 0.717) is 39.2 Å². The summed E-state index contributed by atoms with van der Waals surface area (Å²) in [5.41, 5.74) is -0.707. The van der Waals surface area contributed by atoms with Gasteiger partial charge in [-0.15, -0.1) is 0 Å². The zero-order chi connectivity index (χ0) is 13.6. The lowest BCUT2D eigenvalue weighted by Gasteiger charge is -2.33. The number of hydrogen-bond acceptors (Lipinski definition) is 4. The van der Waals surface area contributed by atoms with Crippen LogP contribution in [0.1, 0.15) is 26.7 Å². The summed E-state index contributed by atoms with van der Waals surface area (Å²) in [5, 5.41) is 2.38. The summed E-state index contributed by atoms with van der Waals surface area (Å²) in [4.78, 5) is 25.2. The normalized spacial score (nSPS) is 18.3. The molecule has 0 aromatic carbocycles. The molecule has 0 unspecified atom stereocenters. The van der Waals surface area contributed by atoms with Crippen molar-refractivity contribution < 1.29 is 19.1 Å². The number of ether oxygens (including phenoxy) is 2. The molecule has 0 bridgehead atoms. The maximum Gasteiger partial charge on any atom is 0.325 e. The van der Waals surface area contributed by atoms with Crippen molar-refractivity contribution in [2.24, 2.45) is 0 Å². The van der Waals surface area contributed by atoms with Crippen LogP contribution in [0.5, 0.6) is 0 Å². The van der Waals surface area contributed by atoms with Crippen molar-refractivity contribution >= 4 is 11.9 Å². The third-order valence-corrected chi connectivity index (χ3v) is 3.47. The van der Waals surface area contributed by atoms with Gasteiger partial charge < -0.3 is 14.4 Å². The van der Waals surface area contributed by atoms with Crippen LogP contribution in [0.2, 0.25) is 0 Å². The van der Waals surface area contributed by atoms with Crippen molar-refractivity contribution in [3.8, 4) is 0 Å². The van der Waals surface area contributed by atoms with E-state index in [2.05, 4.69) is 5.32 Å². The molecule has 18 heavy (non-hydrogen) atoms. The van der Waals surface area contributed by atoms with Crippen LogP contribution in [0.25, 0.3) is 0 Å². The average molecular weight is 258 g/mol. The molecule has 1 N–H and O–H groups in total. The molecule has 1 rings (SSSR count). The first kappa shape index (κ1) is 14.9. The van der Waals surface area contributed by atoms with Gasteiger partial charge in [-0.3, -0.25) is 10.1 Å². The number of methoxy groups -OCH3 is 1. The van der Waals surface area contributed by atoms with Crippen LogP contribution in [0.15, 0.2) is 0 Å². The van der Waals surface area contributed by atoms with E-state index in [1.54, 1.807) is 12.0 Å². The number of carbonyl (C=O) groups is 2. The predicted octanol–water partition coefficient (Wildman–Crippen LogP) is 0.760. The molecule has 1 heterocycles. The van der Waals surface area contributed by atoms with Crippen molar-refractivity contribution in [3.63, 3.8) is 0 Å². The van der Waals surface area contributed by atoms with Crippen molar-refractivity contribution in [1.82, 2.24) is 10.2 Å². The summed E-state index contributed by atoms with van der Waals surface area (Å²) < 4.78 is 10.2. The number of nitrogens with one attached hydrogen (secondary N) is 1. The molecular formula is C12H22N2O4. The Morgan fingerprint density at radius 3 is 2.39 bits per heavy atom. The molecule has 6 nitrogen and oxygen atoms in total. The van der Waals surface area contributed by atoms with Gasteiger partial charge in [0.15, 0.2) is 0 Å². The maximum atomic E-state index is 11.9. The van der Waals surface area contributed by atoms with Gasteiger partial charge in [-0.1, -0.05) is 13.8 Å². The predicted molar refractivity (Wildman–Crippen MR) is 66.3 cm³/mol. The van der Waals surface area contributed by atoms with Crippen LogP contribution < -0.4 is 5.32 Å². The number of nitrogens with zero attached hydrogens (tertiary/aromatic N) is 1. The largest absolute Gasteiger partial charge is 0.382 e. The quantitative estimate of drug-likeness (QED) is 0.515. The first-order valence-electron chi connectivity index (χ1n) is 6.32. The Morgan fingerprint density at radius 2 is 1.83 bits per heavy atom. The average Bonchev–Trinajstić information content (AvgIpc) is 2.60. The molecule has 104 valence electrons. The second-order valence-electron chi connectivity index (χ2n) is 4.25. The molecule has 0 saturated carbocycles. The smallest absolute Gasteiger partial charge is 0.325 e. The molecule has 1 aliphatic heterocycles. The van der Waals surface area contributed by atoms with Gasteiger partial charge in [-0.25, -0.2) is 4.79 Å². The number of urea groups is 1. The van der Waals surface area contributed by atoms with Gasteiger partial charge in [0.05, 0.1) is 19.8 Å². The Labute approximate surface area is 108 Å². The standard InChI is InChI=1S/C12H22N2O4/c1-4-12(5-2)10(15)13-11(16)14(12)6-7-18-9-8-17-3/h4-9H2,1-3H3,(H,13,15,16).